The van der Waals surface area contributed by atoms with E-state index < -0.39 is 22.0 Å². The molecule has 5 N–H and O–H groups in total. The zero-order valence-electron chi connectivity index (χ0n) is 10.6. The number of nitrogens with two attached hydrogens (primary N) is 2. The number of hydrogen-bond acceptors (Lipinski definition) is 4. The number of hydrogen-bond donors (Lipinski definition) is 3. The molecule has 106 valence electrons. The van der Waals surface area contributed by atoms with Crippen molar-refractivity contribution in [1.29, 1.82) is 0 Å². The lowest BCUT2D eigenvalue weighted by Crippen LogP contribution is -2.47. The predicted octanol–water partition coefficient (Wildman–Crippen LogP) is 0.710. The fourth-order valence-corrected chi connectivity index (χ4v) is 3.59. The summed E-state index contributed by atoms with van der Waals surface area (Å²) in [6, 6.07) is 3.32. The van der Waals surface area contributed by atoms with Crippen LogP contribution in [0.2, 0.25) is 5.02 Å². The quantitative estimate of drug-likeness (QED) is 0.695. The van der Waals surface area contributed by atoms with E-state index in [-0.39, 0.29) is 21.5 Å². The number of nitrogens with one attached hydrogen (secondary N) is 1. The first kappa shape index (κ1) is 15.7. The van der Waals surface area contributed by atoms with Crippen molar-refractivity contribution in [1.82, 2.24) is 4.72 Å². The summed E-state index contributed by atoms with van der Waals surface area (Å²) in [6.07, 6.45) is 0. The molecule has 0 bridgehead atoms. The smallest absolute Gasteiger partial charge is 0.244 e. The summed E-state index contributed by atoms with van der Waals surface area (Å²) in [5, 5.41) is -0.0144. The first-order chi connectivity index (χ1) is 8.66. The van der Waals surface area contributed by atoms with Gasteiger partial charge in [-0.15, -0.1) is 0 Å². The fraction of sp³-hybridized carbons (Fsp3) is 0.364. The molecular weight excluding hydrogens is 290 g/mol. The number of amides is 1. The van der Waals surface area contributed by atoms with E-state index in [4.69, 9.17) is 23.1 Å². The van der Waals surface area contributed by atoms with Gasteiger partial charge in [-0.25, -0.2) is 8.42 Å². The van der Waals surface area contributed by atoms with Gasteiger partial charge < -0.3 is 11.5 Å². The normalized spacial score (nSPS) is 13.5. The van der Waals surface area contributed by atoms with E-state index in [1.165, 1.54) is 18.2 Å². The highest BCUT2D eigenvalue weighted by Gasteiger charge is 2.29. The molecule has 0 heterocycles. The maximum Gasteiger partial charge on any atom is 0.244 e. The van der Waals surface area contributed by atoms with Gasteiger partial charge in [-0.1, -0.05) is 31.5 Å². The molecule has 0 spiro atoms. The summed E-state index contributed by atoms with van der Waals surface area (Å²) in [4.78, 5) is 11.0. The molecule has 0 aliphatic rings. The highest BCUT2D eigenvalue weighted by atomic mass is 35.5. The summed E-state index contributed by atoms with van der Waals surface area (Å²) < 4.78 is 26.6. The molecule has 0 saturated carbocycles. The van der Waals surface area contributed by atoms with E-state index in [2.05, 4.69) is 4.72 Å². The molecule has 0 fully saturated rings. The Kier molecular flexibility index (Phi) is 4.78. The fourth-order valence-electron chi connectivity index (χ4n) is 1.56. The number of halogens is 1. The summed E-state index contributed by atoms with van der Waals surface area (Å²) >= 11 is 5.84. The third-order valence-corrected chi connectivity index (χ3v) is 4.51. The lowest BCUT2D eigenvalue weighted by molar-refractivity contribution is -0.120. The van der Waals surface area contributed by atoms with E-state index >= 15 is 0 Å². The van der Waals surface area contributed by atoms with Crippen LogP contribution in [0.5, 0.6) is 0 Å². The van der Waals surface area contributed by atoms with Crippen molar-refractivity contribution in [2.75, 3.05) is 5.73 Å². The summed E-state index contributed by atoms with van der Waals surface area (Å²) in [5.74, 6) is -1.06. The lowest BCUT2D eigenvalue weighted by Gasteiger charge is -2.20. The number of benzene rings is 1. The van der Waals surface area contributed by atoms with Crippen molar-refractivity contribution in [3.8, 4) is 0 Å². The zero-order valence-corrected chi connectivity index (χ0v) is 12.1. The number of carbonyl (C=O) groups is 1. The van der Waals surface area contributed by atoms with Gasteiger partial charge in [0.25, 0.3) is 0 Å². The molecule has 0 aliphatic heterocycles. The molecule has 6 nitrogen and oxygen atoms in total. The highest BCUT2D eigenvalue weighted by Crippen LogP contribution is 2.27. The minimum atomic E-state index is -4.02. The van der Waals surface area contributed by atoms with Crippen molar-refractivity contribution >= 4 is 33.2 Å². The van der Waals surface area contributed by atoms with Crippen LogP contribution in [0.25, 0.3) is 0 Å². The van der Waals surface area contributed by atoms with E-state index in [9.17, 15) is 13.2 Å². The number of anilines is 1. The van der Waals surface area contributed by atoms with Gasteiger partial charge in [-0.3, -0.25) is 4.79 Å². The van der Waals surface area contributed by atoms with E-state index in [0.717, 1.165) is 0 Å². The van der Waals surface area contributed by atoms with Crippen LogP contribution < -0.4 is 16.2 Å². The van der Waals surface area contributed by atoms with E-state index in [1.54, 1.807) is 13.8 Å². The second kappa shape index (κ2) is 5.77. The molecule has 8 heteroatoms. The van der Waals surface area contributed by atoms with Crippen molar-refractivity contribution < 1.29 is 13.2 Å². The zero-order chi connectivity index (χ0) is 14.8. The van der Waals surface area contributed by atoms with Crippen LogP contribution in [0.15, 0.2) is 23.1 Å². The summed E-state index contributed by atoms with van der Waals surface area (Å²) in [5.41, 5.74) is 10.8. The van der Waals surface area contributed by atoms with Gasteiger partial charge in [0.1, 0.15) is 10.9 Å². The Balaban J connectivity index is 3.22. The Morgan fingerprint density at radius 2 is 1.95 bits per heavy atom. The molecule has 19 heavy (non-hydrogen) atoms. The Bertz CT molecular complexity index is 567. The first-order valence-corrected chi connectivity index (χ1v) is 7.38. The van der Waals surface area contributed by atoms with Crippen LogP contribution in [0.4, 0.5) is 5.69 Å². The number of rotatable bonds is 5. The third-order valence-electron chi connectivity index (χ3n) is 2.52. The molecule has 0 aromatic heterocycles. The maximum atomic E-state index is 12.2. The lowest BCUT2D eigenvalue weighted by atomic mass is 10.1. The second-order valence-electron chi connectivity index (χ2n) is 4.40. The first-order valence-electron chi connectivity index (χ1n) is 5.52. The van der Waals surface area contributed by atoms with Crippen LogP contribution in [-0.4, -0.2) is 20.4 Å². The molecule has 1 unspecified atom stereocenters. The van der Waals surface area contributed by atoms with Gasteiger partial charge in [0.15, 0.2) is 0 Å². The van der Waals surface area contributed by atoms with Crippen molar-refractivity contribution in [2.24, 2.45) is 11.7 Å². The van der Waals surface area contributed by atoms with Crippen LogP contribution in [0.1, 0.15) is 13.8 Å². The largest absolute Gasteiger partial charge is 0.398 e. The Morgan fingerprint density at radius 1 is 1.37 bits per heavy atom. The van der Waals surface area contributed by atoms with Crippen LogP contribution in [0, 0.1) is 5.92 Å². The van der Waals surface area contributed by atoms with Gasteiger partial charge >= 0.3 is 0 Å². The molecule has 1 rings (SSSR count). The van der Waals surface area contributed by atoms with Crippen molar-refractivity contribution in [2.45, 2.75) is 24.8 Å². The third kappa shape index (κ3) is 3.59. The molecular formula is C11H16ClN3O3S. The standard InChI is InChI=1S/C11H16ClN3O3S/c1-6(2)9(11(14)16)15-19(17,18)10-7(12)4-3-5-8(10)13/h3-6,9,15H,13H2,1-2H3,(H2,14,16). The topological polar surface area (TPSA) is 115 Å². The average molecular weight is 306 g/mol. The highest BCUT2D eigenvalue weighted by molar-refractivity contribution is 7.89. The summed E-state index contributed by atoms with van der Waals surface area (Å²) in [7, 11) is -4.02. The van der Waals surface area contributed by atoms with E-state index in [0.29, 0.717) is 0 Å². The molecule has 0 aliphatic carbocycles. The Hall–Kier alpha value is -1.31. The molecule has 1 aromatic rings. The SMILES string of the molecule is CC(C)C(NS(=O)(=O)c1c(N)cccc1Cl)C(N)=O. The molecule has 0 radical (unpaired) electrons. The Labute approximate surface area is 117 Å². The minimum absolute atomic E-state index is 0.00646. The number of carbonyl (C=O) groups excluding carboxylic acids is 1. The second-order valence-corrected chi connectivity index (χ2v) is 6.46. The van der Waals surface area contributed by atoms with E-state index in [1.807, 2.05) is 0 Å². The molecule has 0 saturated heterocycles. The summed E-state index contributed by atoms with van der Waals surface area (Å²) in [6.45, 7) is 3.35. The van der Waals surface area contributed by atoms with Gasteiger partial charge in [-0.2, -0.15) is 4.72 Å². The van der Waals surface area contributed by atoms with Crippen LogP contribution in [0.3, 0.4) is 0 Å². The number of nitrogen functional groups attached to an aromatic ring is 1. The Morgan fingerprint density at radius 3 is 2.37 bits per heavy atom. The predicted molar refractivity (Wildman–Crippen MR) is 74.0 cm³/mol. The molecule has 1 aromatic carbocycles. The van der Waals surface area contributed by atoms with Gasteiger partial charge in [0, 0.05) is 0 Å². The molecule has 1 amide bonds. The van der Waals surface area contributed by atoms with Gasteiger partial charge in [0.05, 0.1) is 10.7 Å². The average Bonchev–Trinajstić information content (AvgIpc) is 2.24. The van der Waals surface area contributed by atoms with Gasteiger partial charge in [-0.05, 0) is 18.1 Å². The maximum absolute atomic E-state index is 12.2. The minimum Gasteiger partial charge on any atom is -0.398 e. The van der Waals surface area contributed by atoms with Gasteiger partial charge in [0.2, 0.25) is 15.9 Å². The number of sulfonamides is 1. The monoisotopic (exact) mass is 305 g/mol. The molecule has 1 atom stereocenters. The van der Waals surface area contributed by atoms with Crippen molar-refractivity contribution in [3.63, 3.8) is 0 Å². The van der Waals surface area contributed by atoms with Crippen LogP contribution >= 0.6 is 11.6 Å². The van der Waals surface area contributed by atoms with Crippen LogP contribution in [-0.2, 0) is 14.8 Å². The van der Waals surface area contributed by atoms with Crippen molar-refractivity contribution in [3.05, 3.63) is 23.2 Å². The number of primary amides is 1.